The van der Waals surface area contributed by atoms with Gasteiger partial charge in [0.05, 0.1) is 6.42 Å². The molecule has 2 amide bonds. The van der Waals surface area contributed by atoms with Gasteiger partial charge in [0, 0.05) is 5.41 Å². The van der Waals surface area contributed by atoms with E-state index < -0.39 is 24.3 Å². The molecule has 4 aliphatic carbocycles. The van der Waals surface area contributed by atoms with Crippen LogP contribution in [0.1, 0.15) is 44.9 Å². The predicted octanol–water partition coefficient (Wildman–Crippen LogP) is 0.648. The predicted molar refractivity (Wildman–Crippen MR) is 74.0 cm³/mol. The second kappa shape index (κ2) is 5.00. The van der Waals surface area contributed by atoms with E-state index in [0.29, 0.717) is 17.8 Å². The van der Waals surface area contributed by atoms with E-state index in [9.17, 15) is 14.4 Å². The molecule has 4 fully saturated rings. The highest BCUT2D eigenvalue weighted by atomic mass is 16.4. The topological polar surface area (TPSA) is 109 Å². The number of hydrogen-bond donors (Lipinski definition) is 3. The van der Waals surface area contributed by atoms with Crippen molar-refractivity contribution in [3.05, 3.63) is 0 Å². The molecule has 21 heavy (non-hydrogen) atoms. The van der Waals surface area contributed by atoms with Gasteiger partial charge < -0.3 is 16.2 Å². The summed E-state index contributed by atoms with van der Waals surface area (Å²) in [5.41, 5.74) is 4.82. The Morgan fingerprint density at radius 3 is 1.95 bits per heavy atom. The number of carboxylic acid groups (broad SMARTS) is 1. The first kappa shape index (κ1) is 14.4. The highest BCUT2D eigenvalue weighted by molar-refractivity contribution is 5.91. The lowest BCUT2D eigenvalue weighted by molar-refractivity contribution is -0.149. The van der Waals surface area contributed by atoms with Crippen LogP contribution in [-0.4, -0.2) is 28.9 Å². The number of rotatable bonds is 5. The van der Waals surface area contributed by atoms with E-state index >= 15 is 0 Å². The molecule has 0 aliphatic heterocycles. The van der Waals surface area contributed by atoms with E-state index in [-0.39, 0.29) is 11.3 Å². The van der Waals surface area contributed by atoms with Crippen molar-refractivity contribution >= 4 is 17.8 Å². The van der Waals surface area contributed by atoms with Crippen LogP contribution in [0, 0.1) is 23.2 Å². The van der Waals surface area contributed by atoms with Crippen molar-refractivity contribution in [2.24, 2.45) is 28.9 Å². The van der Waals surface area contributed by atoms with Crippen LogP contribution in [0.3, 0.4) is 0 Å². The van der Waals surface area contributed by atoms with Crippen LogP contribution < -0.4 is 11.1 Å². The number of nitrogens with one attached hydrogen (secondary N) is 1. The number of nitrogens with two attached hydrogens (primary N) is 1. The zero-order valence-corrected chi connectivity index (χ0v) is 12.0. The summed E-state index contributed by atoms with van der Waals surface area (Å²) < 4.78 is 0. The van der Waals surface area contributed by atoms with Crippen molar-refractivity contribution in [1.82, 2.24) is 5.32 Å². The van der Waals surface area contributed by atoms with Crippen LogP contribution in [-0.2, 0) is 14.4 Å². The molecule has 0 aromatic rings. The van der Waals surface area contributed by atoms with Crippen molar-refractivity contribution in [3.8, 4) is 0 Å². The van der Waals surface area contributed by atoms with Crippen LogP contribution in [0.15, 0.2) is 0 Å². The molecule has 6 nitrogen and oxygen atoms in total. The Kier molecular flexibility index (Phi) is 3.42. The normalized spacial score (nSPS) is 38.0. The highest BCUT2D eigenvalue weighted by Crippen LogP contribution is 2.60. The quantitative estimate of drug-likeness (QED) is 0.691. The van der Waals surface area contributed by atoms with E-state index in [1.807, 2.05) is 0 Å². The fourth-order valence-electron chi connectivity index (χ4n) is 5.10. The maximum Gasteiger partial charge on any atom is 0.305 e. The van der Waals surface area contributed by atoms with Crippen molar-refractivity contribution in [1.29, 1.82) is 0 Å². The van der Waals surface area contributed by atoms with E-state index in [1.165, 1.54) is 19.3 Å². The molecule has 4 saturated carbocycles. The van der Waals surface area contributed by atoms with Gasteiger partial charge in [-0.05, 0) is 56.3 Å². The zero-order valence-electron chi connectivity index (χ0n) is 12.0. The third kappa shape index (κ3) is 2.63. The van der Waals surface area contributed by atoms with Crippen molar-refractivity contribution in [3.63, 3.8) is 0 Å². The Labute approximate surface area is 123 Å². The monoisotopic (exact) mass is 294 g/mol. The number of carboxylic acids is 1. The van der Waals surface area contributed by atoms with Gasteiger partial charge in [-0.3, -0.25) is 14.4 Å². The Morgan fingerprint density at radius 2 is 1.57 bits per heavy atom. The smallest absolute Gasteiger partial charge is 0.305 e. The summed E-state index contributed by atoms with van der Waals surface area (Å²) >= 11 is 0. The minimum absolute atomic E-state index is 0.161. The molecule has 0 unspecified atom stereocenters. The Hall–Kier alpha value is -1.59. The minimum Gasteiger partial charge on any atom is -0.481 e. The maximum absolute atomic E-state index is 12.7. The third-order valence-corrected chi connectivity index (χ3v) is 5.55. The molecule has 0 aromatic heterocycles. The van der Waals surface area contributed by atoms with Gasteiger partial charge in [0.15, 0.2) is 0 Å². The number of carbonyl (C=O) groups excluding carboxylic acids is 2. The van der Waals surface area contributed by atoms with Crippen LogP contribution >= 0.6 is 0 Å². The van der Waals surface area contributed by atoms with Crippen LogP contribution in [0.2, 0.25) is 0 Å². The molecule has 0 heterocycles. The molecule has 4 bridgehead atoms. The summed E-state index contributed by atoms with van der Waals surface area (Å²) in [5, 5.41) is 11.4. The summed E-state index contributed by atoms with van der Waals surface area (Å²) in [7, 11) is 0. The van der Waals surface area contributed by atoms with Gasteiger partial charge in [0.1, 0.15) is 6.04 Å². The first-order valence-corrected chi connectivity index (χ1v) is 7.70. The summed E-state index contributed by atoms with van der Waals surface area (Å²) in [6.45, 7) is 0. The SMILES string of the molecule is NC(=O)[C@@H](CC(=O)O)NC(=O)C12CC3CC(CC(C3)C1)C2. The lowest BCUT2D eigenvalue weighted by Gasteiger charge is -2.55. The molecular weight excluding hydrogens is 272 g/mol. The summed E-state index contributed by atoms with van der Waals surface area (Å²) in [4.78, 5) is 34.8. The molecule has 4 N–H and O–H groups in total. The maximum atomic E-state index is 12.7. The molecular formula is C15H22N2O4. The molecule has 0 saturated heterocycles. The standard InChI is InChI=1S/C15H22N2O4/c16-13(20)11(4-12(18)19)17-14(21)15-5-8-1-9(6-15)3-10(2-8)7-15/h8-11H,1-7H2,(H2,16,20)(H,17,21)(H,18,19)/t8?,9?,10?,11-,15?/m1/s1. The fraction of sp³-hybridized carbons (Fsp3) is 0.800. The average Bonchev–Trinajstić information content (AvgIpc) is 2.35. The second-order valence-electron chi connectivity index (χ2n) is 7.22. The minimum atomic E-state index is -1.13. The van der Waals surface area contributed by atoms with Gasteiger partial charge >= 0.3 is 5.97 Å². The molecule has 0 radical (unpaired) electrons. The Bertz CT molecular complexity index is 453. The largest absolute Gasteiger partial charge is 0.481 e. The first-order valence-electron chi connectivity index (χ1n) is 7.70. The van der Waals surface area contributed by atoms with E-state index in [4.69, 9.17) is 10.8 Å². The molecule has 0 spiro atoms. The molecule has 0 aromatic carbocycles. The van der Waals surface area contributed by atoms with Gasteiger partial charge in [-0.2, -0.15) is 0 Å². The van der Waals surface area contributed by atoms with E-state index in [2.05, 4.69) is 5.32 Å². The Balaban J connectivity index is 1.72. The fourth-order valence-corrected chi connectivity index (χ4v) is 5.10. The number of aliphatic carboxylic acids is 1. The van der Waals surface area contributed by atoms with Crippen molar-refractivity contribution < 1.29 is 19.5 Å². The lowest BCUT2D eigenvalue weighted by atomic mass is 9.49. The van der Waals surface area contributed by atoms with Crippen molar-refractivity contribution in [2.75, 3.05) is 0 Å². The highest BCUT2D eigenvalue weighted by Gasteiger charge is 2.54. The molecule has 1 atom stereocenters. The molecule has 116 valence electrons. The van der Waals surface area contributed by atoms with Gasteiger partial charge in [-0.1, -0.05) is 0 Å². The number of carbonyl (C=O) groups is 3. The van der Waals surface area contributed by atoms with Crippen molar-refractivity contribution in [2.45, 2.75) is 51.0 Å². The van der Waals surface area contributed by atoms with Crippen LogP contribution in [0.5, 0.6) is 0 Å². The summed E-state index contributed by atoms with van der Waals surface area (Å²) in [6.07, 6.45) is 5.85. The van der Waals surface area contributed by atoms with E-state index in [1.54, 1.807) is 0 Å². The summed E-state index contributed by atoms with van der Waals surface area (Å²) in [5.74, 6) is -0.220. The number of amides is 2. The average molecular weight is 294 g/mol. The number of primary amides is 1. The van der Waals surface area contributed by atoms with Crippen LogP contribution in [0.4, 0.5) is 0 Å². The summed E-state index contributed by atoms with van der Waals surface area (Å²) in [6, 6.07) is -1.11. The lowest BCUT2D eigenvalue weighted by Crippen LogP contribution is -2.57. The second-order valence-corrected chi connectivity index (χ2v) is 7.22. The molecule has 4 rings (SSSR count). The number of hydrogen-bond acceptors (Lipinski definition) is 3. The van der Waals surface area contributed by atoms with Crippen LogP contribution in [0.25, 0.3) is 0 Å². The van der Waals surface area contributed by atoms with Gasteiger partial charge in [-0.25, -0.2) is 0 Å². The zero-order chi connectivity index (χ0) is 15.2. The molecule has 6 heteroatoms. The van der Waals surface area contributed by atoms with Gasteiger partial charge in [-0.15, -0.1) is 0 Å². The Morgan fingerprint density at radius 1 is 1.10 bits per heavy atom. The van der Waals surface area contributed by atoms with Gasteiger partial charge in [0.25, 0.3) is 0 Å². The molecule has 4 aliphatic rings. The first-order chi connectivity index (χ1) is 9.88. The third-order valence-electron chi connectivity index (χ3n) is 5.55. The van der Waals surface area contributed by atoms with Gasteiger partial charge in [0.2, 0.25) is 11.8 Å². The van der Waals surface area contributed by atoms with E-state index in [0.717, 1.165) is 19.3 Å².